The van der Waals surface area contributed by atoms with E-state index in [0.29, 0.717) is 18.5 Å². The van der Waals surface area contributed by atoms with Gasteiger partial charge in [-0.15, -0.1) is 0 Å². The molecule has 1 saturated heterocycles. The lowest BCUT2D eigenvalue weighted by molar-refractivity contribution is 0.164. The maximum atomic E-state index is 5.76. The second-order valence-electron chi connectivity index (χ2n) is 6.08. The van der Waals surface area contributed by atoms with Gasteiger partial charge in [0.2, 0.25) is 0 Å². The minimum absolute atomic E-state index is 0.529. The Morgan fingerprint density at radius 2 is 2.25 bits per heavy atom. The number of piperidine rings is 1. The highest BCUT2D eigenvalue weighted by molar-refractivity contribution is 5.47. The number of hydrogen-bond acceptors (Lipinski definition) is 3. The molecule has 3 heterocycles. The lowest BCUT2D eigenvalue weighted by atomic mass is 9.96. The Bertz CT molecular complexity index is 587. The van der Waals surface area contributed by atoms with E-state index >= 15 is 0 Å². The Balaban J connectivity index is 1.93. The summed E-state index contributed by atoms with van der Waals surface area (Å²) in [5, 5.41) is 0. The molecule has 2 aromatic rings. The summed E-state index contributed by atoms with van der Waals surface area (Å²) in [6.45, 7) is 7.46. The molecule has 1 fully saturated rings. The third kappa shape index (κ3) is 2.45. The molecule has 2 aromatic heterocycles. The molecule has 108 valence electrons. The highest BCUT2D eigenvalue weighted by Crippen LogP contribution is 2.27. The predicted octanol–water partition coefficient (Wildman–Crippen LogP) is 2.38. The zero-order valence-electron chi connectivity index (χ0n) is 12.4. The van der Waals surface area contributed by atoms with E-state index in [1.807, 2.05) is 6.20 Å². The molecule has 0 bridgehead atoms. The Morgan fingerprint density at radius 3 is 3.00 bits per heavy atom. The first-order valence-corrected chi connectivity index (χ1v) is 7.59. The average Bonchev–Trinajstić information content (AvgIpc) is 2.90. The van der Waals surface area contributed by atoms with E-state index in [2.05, 4.69) is 46.5 Å². The van der Waals surface area contributed by atoms with Gasteiger partial charge in [0.1, 0.15) is 5.82 Å². The van der Waals surface area contributed by atoms with Crippen LogP contribution in [0.15, 0.2) is 24.5 Å². The fourth-order valence-corrected chi connectivity index (χ4v) is 3.16. The van der Waals surface area contributed by atoms with Crippen LogP contribution in [-0.2, 0) is 6.54 Å². The van der Waals surface area contributed by atoms with E-state index in [4.69, 9.17) is 5.73 Å². The largest absolute Gasteiger partial charge is 0.326 e. The smallest absolute Gasteiger partial charge is 0.117 e. The number of pyridine rings is 1. The second kappa shape index (κ2) is 5.54. The molecule has 20 heavy (non-hydrogen) atoms. The van der Waals surface area contributed by atoms with E-state index in [-0.39, 0.29) is 0 Å². The summed E-state index contributed by atoms with van der Waals surface area (Å²) in [5.74, 6) is 1.72. The molecule has 0 saturated carbocycles. The highest BCUT2D eigenvalue weighted by Gasteiger charge is 2.25. The van der Waals surface area contributed by atoms with E-state index in [1.54, 1.807) is 0 Å². The lowest BCUT2D eigenvalue weighted by Crippen LogP contribution is -2.39. The number of aromatic nitrogens is 2. The molecular weight excluding hydrogens is 248 g/mol. The van der Waals surface area contributed by atoms with Crippen molar-refractivity contribution in [2.24, 2.45) is 5.73 Å². The van der Waals surface area contributed by atoms with E-state index in [1.165, 1.54) is 30.7 Å². The summed E-state index contributed by atoms with van der Waals surface area (Å²) in [6, 6.07) is 4.81. The number of fused-ring (bicyclic) bond motifs is 1. The fourth-order valence-electron chi connectivity index (χ4n) is 3.16. The first-order chi connectivity index (χ1) is 9.69. The van der Waals surface area contributed by atoms with Crippen LogP contribution >= 0.6 is 0 Å². The van der Waals surface area contributed by atoms with Gasteiger partial charge in [0.15, 0.2) is 0 Å². The topological polar surface area (TPSA) is 46.6 Å². The Morgan fingerprint density at radius 1 is 1.40 bits per heavy atom. The van der Waals surface area contributed by atoms with Crippen molar-refractivity contribution in [3.8, 4) is 0 Å². The van der Waals surface area contributed by atoms with Crippen molar-refractivity contribution in [3.05, 3.63) is 35.9 Å². The van der Waals surface area contributed by atoms with E-state index < -0.39 is 0 Å². The van der Waals surface area contributed by atoms with E-state index in [0.717, 1.165) is 12.1 Å². The number of hydrogen-bond donors (Lipinski definition) is 1. The summed E-state index contributed by atoms with van der Waals surface area (Å²) < 4.78 is 2.23. The van der Waals surface area contributed by atoms with Crippen LogP contribution in [0.2, 0.25) is 0 Å². The van der Waals surface area contributed by atoms with Crippen molar-refractivity contribution >= 4 is 5.52 Å². The minimum Gasteiger partial charge on any atom is -0.326 e. The van der Waals surface area contributed by atoms with Crippen LogP contribution < -0.4 is 5.73 Å². The van der Waals surface area contributed by atoms with E-state index in [9.17, 15) is 0 Å². The van der Waals surface area contributed by atoms with Crippen LogP contribution in [0.4, 0.5) is 0 Å². The monoisotopic (exact) mass is 272 g/mol. The van der Waals surface area contributed by atoms with Gasteiger partial charge in [0.05, 0.1) is 11.7 Å². The minimum atomic E-state index is 0.529. The van der Waals surface area contributed by atoms with Crippen LogP contribution in [0, 0.1) is 0 Å². The molecule has 0 amide bonds. The van der Waals surface area contributed by atoms with Gasteiger partial charge < -0.3 is 15.0 Å². The zero-order chi connectivity index (χ0) is 14.1. The van der Waals surface area contributed by atoms with Crippen molar-refractivity contribution in [2.75, 3.05) is 13.1 Å². The highest BCUT2D eigenvalue weighted by atomic mass is 15.2. The molecule has 1 unspecified atom stereocenters. The number of imidazole rings is 1. The molecule has 0 aromatic carbocycles. The molecular formula is C16H24N4. The molecule has 4 heteroatoms. The Hall–Kier alpha value is -1.39. The van der Waals surface area contributed by atoms with Crippen molar-refractivity contribution < 1.29 is 0 Å². The van der Waals surface area contributed by atoms with Gasteiger partial charge in [-0.3, -0.25) is 0 Å². The predicted molar refractivity (Wildman–Crippen MR) is 81.8 cm³/mol. The van der Waals surface area contributed by atoms with Crippen LogP contribution in [0.25, 0.3) is 5.52 Å². The van der Waals surface area contributed by atoms with Gasteiger partial charge in [0.25, 0.3) is 0 Å². The number of nitrogens with zero attached hydrogens (tertiary/aromatic N) is 3. The van der Waals surface area contributed by atoms with Crippen molar-refractivity contribution in [2.45, 2.75) is 45.2 Å². The van der Waals surface area contributed by atoms with Gasteiger partial charge in [-0.2, -0.15) is 0 Å². The molecule has 0 radical (unpaired) electrons. The Labute approximate surface area is 120 Å². The van der Waals surface area contributed by atoms with Gasteiger partial charge in [-0.25, -0.2) is 4.98 Å². The normalized spacial score (nSPS) is 20.9. The zero-order valence-corrected chi connectivity index (χ0v) is 12.4. The summed E-state index contributed by atoms with van der Waals surface area (Å²) in [7, 11) is 0. The summed E-state index contributed by atoms with van der Waals surface area (Å²) >= 11 is 0. The van der Waals surface area contributed by atoms with Gasteiger partial charge in [0, 0.05) is 31.2 Å². The molecule has 2 N–H and O–H groups in total. The van der Waals surface area contributed by atoms with Crippen LogP contribution in [0.3, 0.4) is 0 Å². The van der Waals surface area contributed by atoms with Crippen molar-refractivity contribution in [1.82, 2.24) is 14.3 Å². The summed E-state index contributed by atoms with van der Waals surface area (Å²) in [5.41, 5.74) is 8.08. The van der Waals surface area contributed by atoms with Crippen molar-refractivity contribution in [3.63, 3.8) is 0 Å². The van der Waals surface area contributed by atoms with Crippen LogP contribution in [0.1, 0.15) is 44.0 Å². The maximum Gasteiger partial charge on any atom is 0.117 e. The van der Waals surface area contributed by atoms with Crippen LogP contribution in [0.5, 0.6) is 0 Å². The summed E-state index contributed by atoms with van der Waals surface area (Å²) in [4.78, 5) is 7.24. The first-order valence-electron chi connectivity index (χ1n) is 7.59. The quantitative estimate of drug-likeness (QED) is 0.933. The van der Waals surface area contributed by atoms with Gasteiger partial charge in [-0.1, -0.05) is 6.07 Å². The first kappa shape index (κ1) is 13.6. The second-order valence-corrected chi connectivity index (χ2v) is 6.08. The third-order valence-electron chi connectivity index (χ3n) is 4.40. The van der Waals surface area contributed by atoms with Crippen molar-refractivity contribution in [1.29, 1.82) is 0 Å². The van der Waals surface area contributed by atoms with Crippen LogP contribution in [-0.4, -0.2) is 33.4 Å². The maximum absolute atomic E-state index is 5.76. The molecule has 3 rings (SSSR count). The number of rotatable bonds is 3. The molecule has 4 nitrogen and oxygen atoms in total. The number of nitrogens with two attached hydrogens (primary N) is 1. The molecule has 1 atom stereocenters. The molecule has 1 aliphatic rings. The number of likely N-dealkylation sites (tertiary alicyclic amines) is 1. The molecule has 0 spiro atoms. The SMILES string of the molecule is CC(C)N1CCCC(c2ncc3ccc(CN)cn23)C1. The molecule has 1 aliphatic heterocycles. The third-order valence-corrected chi connectivity index (χ3v) is 4.40. The van der Waals surface area contributed by atoms with Gasteiger partial charge in [-0.05, 0) is 44.9 Å². The summed E-state index contributed by atoms with van der Waals surface area (Å²) in [6.07, 6.45) is 6.61. The average molecular weight is 272 g/mol. The van der Waals surface area contributed by atoms with Gasteiger partial charge >= 0.3 is 0 Å². The molecule has 0 aliphatic carbocycles. The fraction of sp³-hybridized carbons (Fsp3) is 0.562. The lowest BCUT2D eigenvalue weighted by Gasteiger charge is -2.34. The Kier molecular flexibility index (Phi) is 3.76. The standard InChI is InChI=1S/C16H24N4/c1-12(2)19-7-3-4-14(11-19)16-18-9-15-6-5-13(8-17)10-20(15)16/h5-6,9-10,12,14H,3-4,7-8,11,17H2,1-2H3.